The molecule has 0 aliphatic heterocycles. The summed E-state index contributed by atoms with van der Waals surface area (Å²) in [5.74, 6) is 0. The van der Waals surface area contributed by atoms with Crippen molar-refractivity contribution in [2.45, 2.75) is 0 Å². The Labute approximate surface area is 305 Å². The zero-order valence-corrected chi connectivity index (χ0v) is 30.0. The van der Waals surface area contributed by atoms with Gasteiger partial charge in [0.15, 0.2) is 0 Å². The van der Waals surface area contributed by atoms with Crippen molar-refractivity contribution in [2.24, 2.45) is 0 Å². The van der Waals surface area contributed by atoms with Crippen LogP contribution in [0.5, 0.6) is 0 Å². The van der Waals surface area contributed by atoms with Gasteiger partial charge in [-0.1, -0.05) is 84.9 Å². The fourth-order valence-electron chi connectivity index (χ4n) is 7.18. The van der Waals surface area contributed by atoms with Crippen LogP contribution >= 0.6 is 45.3 Å². The van der Waals surface area contributed by atoms with Gasteiger partial charge in [0.1, 0.15) is 0 Å². The predicted molar refractivity (Wildman–Crippen MR) is 222 cm³/mol. The van der Waals surface area contributed by atoms with Crippen molar-refractivity contribution in [2.75, 3.05) is 4.90 Å². The summed E-state index contributed by atoms with van der Waals surface area (Å²) >= 11 is 6.18. The Morgan fingerprint density at radius 3 is 1.84 bits per heavy atom. The number of hydrogen-bond acceptors (Lipinski definition) is 3. The molecular weight excluding hydrogens is 748 g/mol. The highest BCUT2D eigenvalue weighted by Gasteiger charge is 2.19. The average molecular weight is 775 g/mol. The lowest BCUT2D eigenvalue weighted by atomic mass is 10.0. The Morgan fingerprint density at radius 1 is 0.429 bits per heavy atom. The monoisotopic (exact) mass is 774 g/mol. The van der Waals surface area contributed by atoms with Crippen LogP contribution in [-0.4, -0.2) is 4.57 Å². The zero-order valence-electron chi connectivity index (χ0n) is 26.2. The van der Waals surface area contributed by atoms with Gasteiger partial charge in [-0.15, -0.1) is 22.7 Å². The predicted octanol–water partition coefficient (Wildman–Crippen LogP) is 14.1. The van der Waals surface area contributed by atoms with Crippen LogP contribution in [0.4, 0.5) is 17.1 Å². The lowest BCUT2D eigenvalue weighted by molar-refractivity contribution is 1.18. The number of thiophene rings is 2. The van der Waals surface area contributed by atoms with Crippen LogP contribution < -0.4 is 4.90 Å². The minimum absolute atomic E-state index is 1.13. The van der Waals surface area contributed by atoms with Crippen LogP contribution in [0.15, 0.2) is 164 Å². The summed E-state index contributed by atoms with van der Waals surface area (Å²) in [4.78, 5) is 2.41. The third kappa shape index (κ3) is 4.79. The van der Waals surface area contributed by atoms with Crippen LogP contribution in [0.2, 0.25) is 0 Å². The van der Waals surface area contributed by atoms with Gasteiger partial charge < -0.3 is 9.47 Å². The minimum atomic E-state index is 1.13. The summed E-state index contributed by atoms with van der Waals surface area (Å²) in [6.45, 7) is 0. The molecule has 0 spiro atoms. The highest BCUT2D eigenvalue weighted by atomic mass is 127. The lowest BCUT2D eigenvalue weighted by Gasteiger charge is -2.26. The maximum Gasteiger partial charge on any atom is 0.0542 e. The molecule has 49 heavy (non-hydrogen) atoms. The van der Waals surface area contributed by atoms with Crippen molar-refractivity contribution >= 4 is 114 Å². The first-order valence-corrected chi connectivity index (χ1v) is 19.0. The van der Waals surface area contributed by atoms with Crippen LogP contribution in [-0.2, 0) is 0 Å². The number of rotatable bonds is 5. The molecule has 2 nitrogen and oxygen atoms in total. The van der Waals surface area contributed by atoms with Crippen LogP contribution in [0, 0.1) is 3.57 Å². The molecule has 3 heterocycles. The maximum atomic E-state index is 2.41. The molecule has 7 aromatic carbocycles. The highest BCUT2D eigenvalue weighted by Crippen LogP contribution is 2.47. The van der Waals surface area contributed by atoms with Gasteiger partial charge in [-0.2, -0.15) is 0 Å². The first-order valence-electron chi connectivity index (χ1n) is 16.3. The normalized spacial score (nSPS) is 11.8. The van der Waals surface area contributed by atoms with E-state index in [1.54, 1.807) is 0 Å². The molecule has 3 aromatic heterocycles. The standard InChI is InChI=1S/C44H27IN2S2/c45-30-16-20-32(21-17-30)47-39-12-6-4-10-35(39)38-26-33(23-25-40(38)47)46(31-18-14-29(15-19-31)28-8-2-1-3-9-28)34-22-24-37-42(27-34)49-43-36-11-5-7-13-41(36)48-44(37)43/h1-27H. The minimum Gasteiger partial charge on any atom is -0.310 e. The average Bonchev–Trinajstić information content (AvgIpc) is 3.81. The Morgan fingerprint density at radius 2 is 1.02 bits per heavy atom. The molecule has 5 heteroatoms. The lowest BCUT2D eigenvalue weighted by Crippen LogP contribution is -2.09. The van der Waals surface area contributed by atoms with E-state index in [4.69, 9.17) is 0 Å². The molecule has 0 unspecified atom stereocenters. The van der Waals surface area contributed by atoms with Gasteiger partial charge in [0.25, 0.3) is 0 Å². The molecule has 0 aliphatic rings. The van der Waals surface area contributed by atoms with Crippen LogP contribution in [0.25, 0.3) is 68.2 Å². The summed E-state index contributed by atoms with van der Waals surface area (Å²) in [5.41, 5.74) is 9.42. The maximum absolute atomic E-state index is 2.41. The van der Waals surface area contributed by atoms with Crippen molar-refractivity contribution in [3.8, 4) is 16.8 Å². The number of anilines is 3. The first kappa shape index (κ1) is 29.0. The van der Waals surface area contributed by atoms with Crippen molar-refractivity contribution < 1.29 is 0 Å². The number of nitrogens with zero attached hydrogens (tertiary/aromatic N) is 2. The molecule has 10 aromatic rings. The second kappa shape index (κ2) is 11.6. The van der Waals surface area contributed by atoms with Gasteiger partial charge in [0.05, 0.1) is 20.4 Å². The molecule has 10 rings (SSSR count). The quantitative estimate of drug-likeness (QED) is 0.158. The SMILES string of the molecule is Ic1ccc(-n2c3ccccc3c3cc(N(c4ccc(-c5ccccc5)cc4)c4ccc5c(c4)sc4c6ccccc6sc54)ccc32)cc1. The smallest absolute Gasteiger partial charge is 0.0542 e. The number of hydrogen-bond donors (Lipinski definition) is 0. The van der Waals surface area contributed by atoms with E-state index in [0.29, 0.717) is 0 Å². The van der Waals surface area contributed by atoms with E-state index in [0.717, 1.165) is 17.1 Å². The topological polar surface area (TPSA) is 8.17 Å². The van der Waals surface area contributed by atoms with E-state index >= 15 is 0 Å². The Hall–Kier alpha value is -4.95. The Bertz CT molecular complexity index is 2830. The fraction of sp³-hybridized carbons (Fsp3) is 0. The van der Waals surface area contributed by atoms with Crippen molar-refractivity contribution in [1.82, 2.24) is 4.57 Å². The zero-order chi connectivity index (χ0) is 32.5. The summed E-state index contributed by atoms with van der Waals surface area (Å²) in [5, 5.41) is 5.17. The first-order chi connectivity index (χ1) is 24.2. The summed E-state index contributed by atoms with van der Waals surface area (Å²) < 4.78 is 9.05. The second-order valence-corrected chi connectivity index (χ2v) is 15.7. The van der Waals surface area contributed by atoms with Gasteiger partial charge in [0, 0.05) is 57.3 Å². The molecule has 232 valence electrons. The van der Waals surface area contributed by atoms with Crippen molar-refractivity contribution in [1.29, 1.82) is 0 Å². The van der Waals surface area contributed by atoms with E-state index < -0.39 is 0 Å². The molecule has 0 saturated heterocycles. The molecule has 0 saturated carbocycles. The highest BCUT2D eigenvalue weighted by molar-refractivity contribution is 14.1. The second-order valence-electron chi connectivity index (χ2n) is 12.3. The van der Waals surface area contributed by atoms with Gasteiger partial charge >= 0.3 is 0 Å². The van der Waals surface area contributed by atoms with Gasteiger partial charge in [-0.3, -0.25) is 0 Å². The van der Waals surface area contributed by atoms with Gasteiger partial charge in [-0.05, 0) is 113 Å². The van der Waals surface area contributed by atoms with E-state index in [2.05, 4.69) is 196 Å². The third-order valence-corrected chi connectivity index (χ3v) is 12.7. The number of halogens is 1. The Balaban J connectivity index is 1.17. The van der Waals surface area contributed by atoms with E-state index in [-0.39, 0.29) is 0 Å². The summed E-state index contributed by atoms with van der Waals surface area (Å²) in [6.07, 6.45) is 0. The van der Waals surface area contributed by atoms with Gasteiger partial charge in [0.2, 0.25) is 0 Å². The molecule has 0 N–H and O–H groups in total. The summed E-state index contributed by atoms with van der Waals surface area (Å²) in [7, 11) is 0. The number of benzene rings is 7. The molecular formula is C44H27IN2S2. The molecule has 0 fully saturated rings. The summed E-state index contributed by atoms with van der Waals surface area (Å²) in [6, 6.07) is 59.9. The molecule has 0 amide bonds. The van der Waals surface area contributed by atoms with E-state index in [9.17, 15) is 0 Å². The van der Waals surface area contributed by atoms with Crippen molar-refractivity contribution in [3.63, 3.8) is 0 Å². The van der Waals surface area contributed by atoms with Crippen LogP contribution in [0.3, 0.4) is 0 Å². The number of para-hydroxylation sites is 1. The molecule has 0 bridgehead atoms. The van der Waals surface area contributed by atoms with E-state index in [1.165, 1.54) is 71.8 Å². The molecule has 0 aliphatic carbocycles. The van der Waals surface area contributed by atoms with Crippen molar-refractivity contribution in [3.05, 3.63) is 167 Å². The van der Waals surface area contributed by atoms with E-state index in [1.807, 2.05) is 22.7 Å². The molecule has 0 radical (unpaired) electrons. The van der Waals surface area contributed by atoms with Crippen LogP contribution in [0.1, 0.15) is 0 Å². The third-order valence-electron chi connectivity index (χ3n) is 9.46. The Kier molecular flexibility index (Phi) is 6.86. The molecule has 0 atom stereocenters. The number of fused-ring (bicyclic) bond motifs is 8. The largest absolute Gasteiger partial charge is 0.310 e. The van der Waals surface area contributed by atoms with Gasteiger partial charge in [-0.25, -0.2) is 0 Å². The fourth-order valence-corrected chi connectivity index (χ4v) is 10.2. The number of aromatic nitrogens is 1.